The van der Waals surface area contributed by atoms with Crippen LogP contribution in [0.5, 0.6) is 0 Å². The van der Waals surface area contributed by atoms with Crippen molar-refractivity contribution in [3.05, 3.63) is 30.1 Å². The second-order valence-corrected chi connectivity index (χ2v) is 18.9. The van der Waals surface area contributed by atoms with Crippen LogP contribution in [0.3, 0.4) is 0 Å². The Kier molecular flexibility index (Phi) is 18.8. The lowest BCUT2D eigenvalue weighted by Crippen LogP contribution is -2.61. The van der Waals surface area contributed by atoms with E-state index in [0.29, 0.717) is 32.5 Å². The lowest BCUT2D eigenvalue weighted by Gasteiger charge is -2.49. The van der Waals surface area contributed by atoms with E-state index in [1.54, 1.807) is 34.3 Å². The van der Waals surface area contributed by atoms with Crippen molar-refractivity contribution in [2.45, 2.75) is 167 Å². The summed E-state index contributed by atoms with van der Waals surface area (Å²) in [5.41, 5.74) is -0.976. The number of likely N-dealkylation sites (N-methyl/N-ethyl adjacent to an activating group) is 3. The Bertz CT molecular complexity index is 1450. The lowest BCUT2D eigenvalue weighted by molar-refractivity contribution is -0.319. The smallest absolute Gasteiger partial charge is 0.311 e. The van der Waals surface area contributed by atoms with E-state index in [4.69, 9.17) is 33.2 Å². The molecule has 0 saturated carbocycles. The maximum Gasteiger partial charge on any atom is 0.311 e. The fourth-order valence-corrected chi connectivity index (χ4v) is 9.73. The summed E-state index contributed by atoms with van der Waals surface area (Å²) in [5.74, 6) is -2.32. The Morgan fingerprint density at radius 2 is 1.63 bits per heavy atom. The number of nitrogens with zero attached hydrogens (tertiary/aromatic N) is 4. The molecule has 15 nitrogen and oxygen atoms in total. The van der Waals surface area contributed by atoms with Gasteiger partial charge in [-0.1, -0.05) is 33.8 Å². The number of aromatic nitrogens is 1. The topological polar surface area (TPSA) is 165 Å². The summed E-state index contributed by atoms with van der Waals surface area (Å²) in [5, 5.41) is 34.8. The second-order valence-electron chi connectivity index (χ2n) is 18.9. The zero-order valence-corrected chi connectivity index (χ0v) is 39.0. The molecule has 3 aliphatic heterocycles. The van der Waals surface area contributed by atoms with Gasteiger partial charge in [0, 0.05) is 64.6 Å². The molecule has 0 spiro atoms. The van der Waals surface area contributed by atoms with Crippen molar-refractivity contribution in [1.82, 2.24) is 19.7 Å². The molecule has 0 unspecified atom stereocenters. The van der Waals surface area contributed by atoms with Gasteiger partial charge in [-0.3, -0.25) is 19.6 Å². The summed E-state index contributed by atoms with van der Waals surface area (Å²) in [6, 6.07) is 3.55. The SMILES string of the molecule is CCN(Cc1cccnc1)C[C@H]1COC(=O)[C@H](C)[C@@H](O[C@H]2C[C@@](C)(OC)[C@@H](O)[C@H](C)O2)[C@H](C)[C@@H](O[C@@H]2O[C@H](C)C[C@H](N(C)C)[C@H]2O)[C@@](C)(OC)C[C@@H](C)[C@H](O)[C@H](C)CN1C. The molecule has 0 aliphatic carbocycles. The molecule has 0 bridgehead atoms. The van der Waals surface area contributed by atoms with Crippen LogP contribution < -0.4 is 0 Å². The van der Waals surface area contributed by atoms with E-state index in [1.807, 2.05) is 79.8 Å². The first-order valence-electron chi connectivity index (χ1n) is 22.1. The van der Waals surface area contributed by atoms with E-state index in [-0.39, 0.29) is 43.1 Å². The number of cyclic esters (lactones) is 1. The Balaban J connectivity index is 1.79. The fourth-order valence-electron chi connectivity index (χ4n) is 9.73. The second kappa shape index (κ2) is 22.2. The minimum Gasteiger partial charge on any atom is -0.464 e. The van der Waals surface area contributed by atoms with Crippen molar-refractivity contribution >= 4 is 5.97 Å². The summed E-state index contributed by atoms with van der Waals surface area (Å²) < 4.78 is 45.1. The molecule has 346 valence electrons. The van der Waals surface area contributed by atoms with Crippen LogP contribution in [0.15, 0.2) is 24.5 Å². The van der Waals surface area contributed by atoms with Crippen LogP contribution in [0, 0.1) is 23.7 Å². The van der Waals surface area contributed by atoms with E-state index in [9.17, 15) is 20.1 Å². The van der Waals surface area contributed by atoms with E-state index >= 15 is 0 Å². The number of carbonyl (C=O) groups is 1. The van der Waals surface area contributed by atoms with Gasteiger partial charge in [0.05, 0.1) is 53.7 Å². The maximum atomic E-state index is 14.5. The number of methoxy groups -OCH3 is 2. The average Bonchev–Trinajstić information content (AvgIpc) is 3.21. The van der Waals surface area contributed by atoms with Crippen LogP contribution in [0.1, 0.15) is 87.1 Å². The van der Waals surface area contributed by atoms with Crippen LogP contribution in [-0.4, -0.2) is 181 Å². The molecule has 15 heteroatoms. The van der Waals surface area contributed by atoms with Crippen molar-refractivity contribution in [2.75, 3.05) is 61.6 Å². The normalized spacial score (nSPS) is 42.1. The largest absolute Gasteiger partial charge is 0.464 e. The highest BCUT2D eigenvalue weighted by atomic mass is 16.7. The molecular formula is C45H80N4O11. The lowest BCUT2D eigenvalue weighted by atomic mass is 9.75. The van der Waals surface area contributed by atoms with Gasteiger partial charge in [0.15, 0.2) is 12.6 Å². The predicted octanol–water partition coefficient (Wildman–Crippen LogP) is 3.56. The third kappa shape index (κ3) is 12.4. The molecule has 0 amide bonds. The molecule has 4 heterocycles. The number of pyridine rings is 1. The molecule has 17 atom stereocenters. The summed E-state index contributed by atoms with van der Waals surface area (Å²) >= 11 is 0. The molecule has 1 aromatic rings. The predicted molar refractivity (Wildman–Crippen MR) is 228 cm³/mol. The number of carbonyl (C=O) groups excluding carboxylic acids is 1. The Hall–Kier alpha value is -1.86. The van der Waals surface area contributed by atoms with E-state index in [1.165, 1.54) is 0 Å². The molecule has 3 N–H and O–H groups in total. The molecule has 0 aromatic carbocycles. The monoisotopic (exact) mass is 853 g/mol. The van der Waals surface area contributed by atoms with Gasteiger partial charge in [-0.15, -0.1) is 0 Å². The van der Waals surface area contributed by atoms with E-state index in [0.717, 1.165) is 12.1 Å². The first-order valence-corrected chi connectivity index (χ1v) is 22.1. The third-order valence-electron chi connectivity index (χ3n) is 13.8. The van der Waals surface area contributed by atoms with Gasteiger partial charge in [-0.25, -0.2) is 0 Å². The zero-order valence-electron chi connectivity index (χ0n) is 39.0. The highest BCUT2D eigenvalue weighted by Crippen LogP contribution is 2.41. The van der Waals surface area contributed by atoms with Gasteiger partial charge in [0.2, 0.25) is 0 Å². The first kappa shape index (κ1) is 50.8. The number of ether oxygens (including phenoxy) is 7. The average molecular weight is 853 g/mol. The number of hydrogen-bond donors (Lipinski definition) is 3. The summed E-state index contributed by atoms with van der Waals surface area (Å²) in [6.45, 7) is 20.1. The molecule has 4 rings (SSSR count). The van der Waals surface area contributed by atoms with Crippen molar-refractivity contribution in [2.24, 2.45) is 23.7 Å². The van der Waals surface area contributed by atoms with Crippen molar-refractivity contribution in [3.63, 3.8) is 0 Å². The quantitative estimate of drug-likeness (QED) is 0.262. The third-order valence-corrected chi connectivity index (χ3v) is 13.8. The van der Waals surface area contributed by atoms with Gasteiger partial charge >= 0.3 is 5.97 Å². The number of esters is 1. The van der Waals surface area contributed by atoms with Crippen molar-refractivity contribution in [3.8, 4) is 0 Å². The minimum absolute atomic E-state index is 0.106. The van der Waals surface area contributed by atoms with Crippen LogP contribution in [0.4, 0.5) is 0 Å². The van der Waals surface area contributed by atoms with Gasteiger partial charge < -0.3 is 53.4 Å². The molecule has 60 heavy (non-hydrogen) atoms. The van der Waals surface area contributed by atoms with E-state index < -0.39 is 78.2 Å². The maximum absolute atomic E-state index is 14.5. The molecule has 3 aliphatic rings. The van der Waals surface area contributed by atoms with Crippen LogP contribution in [0.25, 0.3) is 0 Å². The summed E-state index contributed by atoms with van der Waals surface area (Å²) in [4.78, 5) is 25.3. The van der Waals surface area contributed by atoms with Gasteiger partial charge in [-0.05, 0) is 98.6 Å². The zero-order chi connectivity index (χ0) is 44.7. The Morgan fingerprint density at radius 3 is 2.23 bits per heavy atom. The first-order chi connectivity index (χ1) is 28.2. The van der Waals surface area contributed by atoms with Crippen LogP contribution in [-0.2, 0) is 44.5 Å². The summed E-state index contributed by atoms with van der Waals surface area (Å²) in [6.07, 6.45) is -2.30. The molecule has 1 aromatic heterocycles. The van der Waals surface area contributed by atoms with Gasteiger partial charge in [-0.2, -0.15) is 0 Å². The minimum atomic E-state index is -1.08. The number of rotatable bonds is 12. The highest BCUT2D eigenvalue weighted by molar-refractivity contribution is 5.72. The highest BCUT2D eigenvalue weighted by Gasteiger charge is 2.52. The van der Waals surface area contributed by atoms with Crippen molar-refractivity contribution < 1.29 is 53.3 Å². The van der Waals surface area contributed by atoms with Crippen LogP contribution in [0.2, 0.25) is 0 Å². The van der Waals surface area contributed by atoms with E-state index in [2.05, 4.69) is 27.8 Å². The number of hydrogen-bond acceptors (Lipinski definition) is 15. The molecule has 0 radical (unpaired) electrons. The molecule has 3 saturated heterocycles. The van der Waals surface area contributed by atoms with Crippen LogP contribution >= 0.6 is 0 Å². The van der Waals surface area contributed by atoms with Crippen molar-refractivity contribution in [1.29, 1.82) is 0 Å². The molecular weight excluding hydrogens is 773 g/mol. The molecule has 3 fully saturated rings. The number of aliphatic hydroxyl groups excluding tert-OH is 3. The standard InChI is InChI=1S/C45H80N4O11/c1-15-49(24-33-17-16-18-46-22-33)25-34-26-56-42(53)31(6)39(59-36-21-44(8,54-13)40(52)32(7)58-36)30(5)41(60-43-38(51)35(47(10)11)19-29(4)57-43)45(9,55-14)20-27(2)37(50)28(3)23-48(34)12/h16-18,22,27-32,34-41,43,50-52H,15,19-21,23-26H2,1-14H3/t27-,28-,29-,30+,31-,32+,34+,35+,36+,37+,38-,39+,40+,41-,43+,44-,45+/m1/s1. The Morgan fingerprint density at radius 1 is 0.950 bits per heavy atom. The van der Waals surface area contributed by atoms with Gasteiger partial charge in [0.25, 0.3) is 0 Å². The fraction of sp³-hybridized carbons (Fsp3) is 0.867. The summed E-state index contributed by atoms with van der Waals surface area (Å²) in [7, 11) is 9.04. The van der Waals surface area contributed by atoms with Gasteiger partial charge in [0.1, 0.15) is 18.8 Å². The number of aliphatic hydroxyl groups is 3. The Labute approximate surface area is 360 Å².